The summed E-state index contributed by atoms with van der Waals surface area (Å²) in [5, 5.41) is 0. The Hall–Kier alpha value is -0.510. The normalized spacial score (nSPS) is 14.1. The van der Waals surface area contributed by atoms with Crippen LogP contribution in [0.5, 0.6) is 0 Å². The first kappa shape index (κ1) is 8.10. The molecule has 0 spiro atoms. The van der Waals surface area contributed by atoms with Gasteiger partial charge < -0.3 is 3.53 Å². The second-order valence-electron chi connectivity index (χ2n) is 2.91. The van der Waals surface area contributed by atoms with Gasteiger partial charge in [-0.05, 0) is 30.0 Å². The highest BCUT2D eigenvalue weighted by atomic mass is 127. The Morgan fingerprint density at radius 2 is 2.25 bits per heavy atom. The zero-order valence-electron chi connectivity index (χ0n) is 6.68. The lowest BCUT2D eigenvalue weighted by molar-refractivity contribution is 0.990. The number of allylic oxidation sites excluding steroid dienone is 1. The number of halogens is 1. The quantitative estimate of drug-likeness (QED) is 0.609. The smallest absolute Gasteiger partial charge is 0.0560 e. The number of hydrogen-bond donors (Lipinski definition) is 1. The van der Waals surface area contributed by atoms with E-state index >= 15 is 0 Å². The molecule has 1 aromatic rings. The lowest BCUT2D eigenvalue weighted by Gasteiger charge is -2.13. The van der Waals surface area contributed by atoms with Gasteiger partial charge in [0.25, 0.3) is 0 Å². The predicted octanol–water partition coefficient (Wildman–Crippen LogP) is 3.41. The zero-order valence-corrected chi connectivity index (χ0v) is 8.84. The summed E-state index contributed by atoms with van der Waals surface area (Å²) in [6.07, 6.45) is 6.77. The van der Waals surface area contributed by atoms with Crippen LogP contribution in [-0.2, 0) is 6.42 Å². The van der Waals surface area contributed by atoms with E-state index in [4.69, 9.17) is 0 Å². The number of fused-ring (bicyclic) bond motifs is 1. The molecule has 0 heterocycles. The summed E-state index contributed by atoms with van der Waals surface area (Å²) in [5.74, 6) is 0. The van der Waals surface area contributed by atoms with Crippen molar-refractivity contribution in [2.45, 2.75) is 12.8 Å². The highest BCUT2D eigenvalue weighted by molar-refractivity contribution is 14.1. The van der Waals surface area contributed by atoms with E-state index in [9.17, 15) is 0 Å². The molecule has 1 aromatic carbocycles. The molecule has 1 aliphatic rings. The van der Waals surface area contributed by atoms with E-state index in [1.54, 1.807) is 0 Å². The van der Waals surface area contributed by atoms with Crippen LogP contribution in [0.1, 0.15) is 17.5 Å². The SMILES string of the molecule is INc1cccc2c1CCC=C2. The summed E-state index contributed by atoms with van der Waals surface area (Å²) >= 11 is 2.19. The molecule has 0 unspecified atom stereocenters. The van der Waals surface area contributed by atoms with Crippen molar-refractivity contribution in [2.75, 3.05) is 3.53 Å². The van der Waals surface area contributed by atoms with Crippen molar-refractivity contribution in [3.8, 4) is 0 Å². The summed E-state index contributed by atoms with van der Waals surface area (Å²) in [6.45, 7) is 0. The van der Waals surface area contributed by atoms with Crippen LogP contribution < -0.4 is 3.53 Å². The topological polar surface area (TPSA) is 12.0 Å². The molecule has 0 saturated carbocycles. The Morgan fingerprint density at radius 1 is 1.33 bits per heavy atom. The summed E-state index contributed by atoms with van der Waals surface area (Å²) in [5.41, 5.74) is 4.08. The van der Waals surface area contributed by atoms with Crippen LogP contribution in [0.25, 0.3) is 6.08 Å². The highest BCUT2D eigenvalue weighted by Crippen LogP contribution is 2.26. The lowest BCUT2D eigenvalue weighted by atomic mass is 9.96. The minimum atomic E-state index is 1.16. The molecule has 0 radical (unpaired) electrons. The van der Waals surface area contributed by atoms with Crippen LogP contribution in [0, 0.1) is 0 Å². The average Bonchev–Trinajstić information content (AvgIpc) is 2.17. The lowest BCUT2D eigenvalue weighted by Crippen LogP contribution is -1.97. The van der Waals surface area contributed by atoms with Crippen molar-refractivity contribution in [3.05, 3.63) is 35.4 Å². The maximum absolute atomic E-state index is 3.19. The molecule has 2 heteroatoms. The van der Waals surface area contributed by atoms with Crippen molar-refractivity contribution in [1.29, 1.82) is 0 Å². The fourth-order valence-corrected chi connectivity index (χ4v) is 2.07. The van der Waals surface area contributed by atoms with Crippen LogP contribution in [0.2, 0.25) is 0 Å². The molecule has 0 aliphatic heterocycles. The van der Waals surface area contributed by atoms with Crippen LogP contribution in [-0.4, -0.2) is 0 Å². The summed E-state index contributed by atoms with van der Waals surface area (Å²) in [7, 11) is 0. The molecule has 0 amide bonds. The van der Waals surface area contributed by atoms with E-state index in [0.717, 1.165) is 6.42 Å². The summed E-state index contributed by atoms with van der Waals surface area (Å²) < 4.78 is 3.19. The number of hydrogen-bond acceptors (Lipinski definition) is 1. The third-order valence-electron chi connectivity index (χ3n) is 2.17. The third-order valence-corrected chi connectivity index (χ3v) is 2.75. The molecule has 0 atom stereocenters. The first-order valence-electron chi connectivity index (χ1n) is 4.07. The maximum atomic E-state index is 3.19. The van der Waals surface area contributed by atoms with Gasteiger partial charge in [-0.3, -0.25) is 0 Å². The van der Waals surface area contributed by atoms with Gasteiger partial charge in [-0.2, -0.15) is 0 Å². The molecule has 1 N–H and O–H groups in total. The molecule has 2 rings (SSSR count). The van der Waals surface area contributed by atoms with Gasteiger partial charge in [0.05, 0.1) is 22.9 Å². The number of anilines is 1. The fourth-order valence-electron chi connectivity index (χ4n) is 1.57. The summed E-state index contributed by atoms with van der Waals surface area (Å²) in [6, 6.07) is 6.39. The Kier molecular flexibility index (Phi) is 2.35. The van der Waals surface area contributed by atoms with Crippen LogP contribution in [0.4, 0.5) is 5.69 Å². The van der Waals surface area contributed by atoms with Crippen molar-refractivity contribution in [3.63, 3.8) is 0 Å². The Morgan fingerprint density at radius 3 is 3.08 bits per heavy atom. The standard InChI is InChI=1S/C10H10IN/c11-12-10-7-3-5-8-4-1-2-6-9(8)10/h1,3-5,7,12H,2,6H2. The van der Waals surface area contributed by atoms with Crippen LogP contribution >= 0.6 is 22.9 Å². The first-order valence-corrected chi connectivity index (χ1v) is 5.15. The van der Waals surface area contributed by atoms with Gasteiger partial charge in [-0.1, -0.05) is 24.3 Å². The molecule has 1 nitrogen and oxygen atoms in total. The van der Waals surface area contributed by atoms with Crippen LogP contribution in [0.3, 0.4) is 0 Å². The molecular formula is C10H10IN. The van der Waals surface area contributed by atoms with Gasteiger partial charge in [0.2, 0.25) is 0 Å². The second-order valence-corrected chi connectivity index (χ2v) is 3.45. The van der Waals surface area contributed by atoms with Crippen molar-refractivity contribution < 1.29 is 0 Å². The Bertz CT molecular complexity index is 318. The predicted molar refractivity (Wildman–Crippen MR) is 61.4 cm³/mol. The van der Waals surface area contributed by atoms with E-state index in [-0.39, 0.29) is 0 Å². The minimum Gasteiger partial charge on any atom is -0.328 e. The van der Waals surface area contributed by atoms with Crippen molar-refractivity contribution >= 4 is 34.6 Å². The number of benzene rings is 1. The van der Waals surface area contributed by atoms with Gasteiger partial charge in [0, 0.05) is 5.69 Å². The van der Waals surface area contributed by atoms with E-state index in [0.29, 0.717) is 0 Å². The second kappa shape index (κ2) is 3.47. The largest absolute Gasteiger partial charge is 0.328 e. The molecule has 0 bridgehead atoms. The van der Waals surface area contributed by atoms with Gasteiger partial charge in [0.1, 0.15) is 0 Å². The van der Waals surface area contributed by atoms with Gasteiger partial charge in [-0.15, -0.1) is 0 Å². The van der Waals surface area contributed by atoms with E-state index in [2.05, 4.69) is 56.7 Å². The average molecular weight is 271 g/mol. The number of rotatable bonds is 1. The molecule has 62 valence electrons. The first-order chi connectivity index (χ1) is 5.92. The Labute approximate surface area is 86.4 Å². The minimum absolute atomic E-state index is 1.16. The molecule has 0 fully saturated rings. The Balaban J connectivity index is 2.53. The highest BCUT2D eigenvalue weighted by Gasteiger charge is 2.07. The number of nitrogens with one attached hydrogen (secondary N) is 1. The van der Waals surface area contributed by atoms with Crippen molar-refractivity contribution in [2.24, 2.45) is 0 Å². The fraction of sp³-hybridized carbons (Fsp3) is 0.200. The van der Waals surface area contributed by atoms with Gasteiger partial charge in [0.15, 0.2) is 0 Å². The molecular weight excluding hydrogens is 261 g/mol. The van der Waals surface area contributed by atoms with E-state index in [1.165, 1.54) is 23.2 Å². The van der Waals surface area contributed by atoms with Crippen LogP contribution in [0.15, 0.2) is 24.3 Å². The molecule has 0 aromatic heterocycles. The molecule has 0 saturated heterocycles. The maximum Gasteiger partial charge on any atom is 0.0560 e. The zero-order chi connectivity index (χ0) is 8.39. The van der Waals surface area contributed by atoms with Gasteiger partial charge in [-0.25, -0.2) is 0 Å². The summed E-state index contributed by atoms with van der Waals surface area (Å²) in [4.78, 5) is 0. The molecule has 1 aliphatic carbocycles. The monoisotopic (exact) mass is 271 g/mol. The van der Waals surface area contributed by atoms with Gasteiger partial charge >= 0.3 is 0 Å². The van der Waals surface area contributed by atoms with E-state index in [1.807, 2.05) is 0 Å². The third kappa shape index (κ3) is 1.35. The van der Waals surface area contributed by atoms with Crippen molar-refractivity contribution in [1.82, 2.24) is 0 Å². The van der Waals surface area contributed by atoms with E-state index < -0.39 is 0 Å². The molecule has 12 heavy (non-hydrogen) atoms.